The smallest absolute Gasteiger partial charge is 0.166 e. The van der Waals surface area contributed by atoms with E-state index in [1.807, 2.05) is 25.1 Å². The quantitative estimate of drug-likeness (QED) is 0.270. The lowest BCUT2D eigenvalue weighted by Crippen LogP contribution is -2.13. The molecule has 3 heteroatoms. The van der Waals surface area contributed by atoms with Gasteiger partial charge in [-0.1, -0.05) is 68.0 Å². The van der Waals surface area contributed by atoms with Gasteiger partial charge in [0.05, 0.1) is 0 Å². The van der Waals surface area contributed by atoms with Crippen LogP contribution in [0.15, 0.2) is 67.3 Å². The standard InChI is InChI=1S/C32H35F3/c1-3-5-7-22-9-11-23(12-10-22)27-18-19-28(30(33)21-27)24-13-15-25(16-14-24)29-20-17-26(8-6-4-2)31(34)32(29)35/h3,13-23H,1,4-12H2,2H3. The molecule has 0 spiro atoms. The van der Waals surface area contributed by atoms with E-state index in [1.165, 1.54) is 19.3 Å². The van der Waals surface area contributed by atoms with Gasteiger partial charge in [-0.15, -0.1) is 6.58 Å². The molecule has 0 heterocycles. The first kappa shape index (κ1) is 25.3. The largest absolute Gasteiger partial charge is 0.206 e. The van der Waals surface area contributed by atoms with E-state index >= 15 is 4.39 Å². The summed E-state index contributed by atoms with van der Waals surface area (Å²) >= 11 is 0. The van der Waals surface area contributed by atoms with Crippen LogP contribution in [0.3, 0.4) is 0 Å². The summed E-state index contributed by atoms with van der Waals surface area (Å²) in [5.41, 5.74) is 3.56. The van der Waals surface area contributed by atoms with Gasteiger partial charge in [0, 0.05) is 11.1 Å². The molecule has 0 unspecified atom stereocenters. The Hall–Kier alpha value is -2.81. The lowest BCUT2D eigenvalue weighted by molar-refractivity contribution is 0.311. The van der Waals surface area contributed by atoms with E-state index < -0.39 is 11.6 Å². The van der Waals surface area contributed by atoms with Crippen molar-refractivity contribution < 1.29 is 13.2 Å². The summed E-state index contributed by atoms with van der Waals surface area (Å²) < 4.78 is 44.3. The van der Waals surface area contributed by atoms with E-state index in [0.717, 1.165) is 49.1 Å². The summed E-state index contributed by atoms with van der Waals surface area (Å²) in [6.45, 7) is 5.84. The maximum Gasteiger partial charge on any atom is 0.166 e. The van der Waals surface area contributed by atoms with Crippen LogP contribution in [-0.4, -0.2) is 0 Å². The predicted molar refractivity (Wildman–Crippen MR) is 140 cm³/mol. The maximum atomic E-state index is 15.1. The number of rotatable bonds is 9. The summed E-state index contributed by atoms with van der Waals surface area (Å²) in [5, 5.41) is 0. The summed E-state index contributed by atoms with van der Waals surface area (Å²) in [4.78, 5) is 0. The molecule has 4 rings (SSSR count). The molecule has 0 nitrogen and oxygen atoms in total. The van der Waals surface area contributed by atoms with Gasteiger partial charge in [0.25, 0.3) is 0 Å². The molecule has 184 valence electrons. The van der Waals surface area contributed by atoms with Gasteiger partial charge in [0.15, 0.2) is 11.6 Å². The first-order valence-corrected chi connectivity index (χ1v) is 13.0. The lowest BCUT2D eigenvalue weighted by Gasteiger charge is -2.28. The number of allylic oxidation sites excluding steroid dienone is 1. The zero-order valence-electron chi connectivity index (χ0n) is 20.6. The number of hydrogen-bond donors (Lipinski definition) is 0. The molecule has 0 N–H and O–H groups in total. The van der Waals surface area contributed by atoms with Crippen LogP contribution in [0.25, 0.3) is 22.3 Å². The maximum absolute atomic E-state index is 15.1. The van der Waals surface area contributed by atoms with Crippen LogP contribution >= 0.6 is 0 Å². The van der Waals surface area contributed by atoms with Gasteiger partial charge in [0.1, 0.15) is 5.82 Å². The first-order chi connectivity index (χ1) is 17.0. The molecule has 35 heavy (non-hydrogen) atoms. The second-order valence-corrected chi connectivity index (χ2v) is 9.90. The molecule has 3 aromatic rings. The lowest BCUT2D eigenvalue weighted by atomic mass is 9.77. The Labute approximate surface area is 207 Å². The van der Waals surface area contributed by atoms with E-state index in [2.05, 4.69) is 6.58 Å². The van der Waals surface area contributed by atoms with Crippen molar-refractivity contribution in [2.75, 3.05) is 0 Å². The SMILES string of the molecule is C=CCCC1CCC(c2ccc(-c3ccc(-c4ccc(CCCC)c(F)c4F)cc3)c(F)c2)CC1. The minimum Gasteiger partial charge on any atom is -0.206 e. The number of benzene rings is 3. The highest BCUT2D eigenvalue weighted by Crippen LogP contribution is 2.39. The predicted octanol–water partition coefficient (Wildman–Crippen LogP) is 10.0. The average Bonchev–Trinajstić information content (AvgIpc) is 2.89. The highest BCUT2D eigenvalue weighted by Gasteiger charge is 2.23. The van der Waals surface area contributed by atoms with Crippen molar-refractivity contribution in [2.45, 2.75) is 70.6 Å². The average molecular weight is 477 g/mol. The van der Waals surface area contributed by atoms with Crippen LogP contribution in [0.2, 0.25) is 0 Å². The van der Waals surface area contributed by atoms with E-state index in [1.54, 1.807) is 42.5 Å². The molecule has 0 saturated heterocycles. The first-order valence-electron chi connectivity index (χ1n) is 13.0. The molecule has 1 aliphatic carbocycles. The van der Waals surface area contributed by atoms with Crippen LogP contribution in [0.5, 0.6) is 0 Å². The molecule has 0 aromatic heterocycles. The second-order valence-electron chi connectivity index (χ2n) is 9.90. The second kappa shape index (κ2) is 11.7. The highest BCUT2D eigenvalue weighted by molar-refractivity contribution is 5.71. The Bertz CT molecular complexity index is 1140. The fourth-order valence-electron chi connectivity index (χ4n) is 5.36. The van der Waals surface area contributed by atoms with Crippen molar-refractivity contribution in [2.24, 2.45) is 5.92 Å². The monoisotopic (exact) mass is 476 g/mol. The molecule has 0 amide bonds. The van der Waals surface area contributed by atoms with Crippen molar-refractivity contribution in [3.05, 3.63) is 95.8 Å². The van der Waals surface area contributed by atoms with Crippen LogP contribution in [0.4, 0.5) is 13.2 Å². The van der Waals surface area contributed by atoms with Crippen LogP contribution in [-0.2, 0) is 6.42 Å². The van der Waals surface area contributed by atoms with Crippen LogP contribution in [0, 0.1) is 23.4 Å². The number of unbranched alkanes of at least 4 members (excludes halogenated alkanes) is 1. The van der Waals surface area contributed by atoms with E-state index in [-0.39, 0.29) is 11.4 Å². The topological polar surface area (TPSA) is 0 Å². The van der Waals surface area contributed by atoms with Crippen molar-refractivity contribution in [3.63, 3.8) is 0 Å². The van der Waals surface area contributed by atoms with E-state index in [4.69, 9.17) is 0 Å². The molecule has 0 atom stereocenters. The third kappa shape index (κ3) is 5.89. The minimum atomic E-state index is -0.818. The Balaban J connectivity index is 1.47. The number of hydrogen-bond acceptors (Lipinski definition) is 0. The summed E-state index contributed by atoms with van der Waals surface area (Å²) in [6, 6.07) is 15.9. The molecule has 0 radical (unpaired) electrons. The Morgan fingerprint density at radius 3 is 2.11 bits per heavy atom. The molecule has 1 fully saturated rings. The molecule has 3 aromatic carbocycles. The molecular weight excluding hydrogens is 441 g/mol. The number of halogens is 3. The Morgan fingerprint density at radius 1 is 0.829 bits per heavy atom. The molecule has 0 aliphatic heterocycles. The molecular formula is C32H35F3. The zero-order chi connectivity index (χ0) is 24.8. The van der Waals surface area contributed by atoms with Gasteiger partial charge in [-0.2, -0.15) is 0 Å². The molecule has 0 bridgehead atoms. The summed E-state index contributed by atoms with van der Waals surface area (Å²) in [5.74, 6) is -0.643. The van der Waals surface area contributed by atoms with Crippen LogP contribution < -0.4 is 0 Å². The van der Waals surface area contributed by atoms with Gasteiger partial charge < -0.3 is 0 Å². The van der Waals surface area contributed by atoms with Crippen molar-refractivity contribution in [3.8, 4) is 22.3 Å². The van der Waals surface area contributed by atoms with Gasteiger partial charge in [0.2, 0.25) is 0 Å². The van der Waals surface area contributed by atoms with Gasteiger partial charge in [-0.25, -0.2) is 13.2 Å². The molecule has 1 saturated carbocycles. The van der Waals surface area contributed by atoms with Crippen molar-refractivity contribution in [1.82, 2.24) is 0 Å². The van der Waals surface area contributed by atoms with E-state index in [9.17, 15) is 8.78 Å². The Morgan fingerprint density at radius 2 is 1.49 bits per heavy atom. The van der Waals surface area contributed by atoms with Gasteiger partial charge >= 0.3 is 0 Å². The summed E-state index contributed by atoms with van der Waals surface area (Å²) in [6.07, 6.45) is 11.2. The van der Waals surface area contributed by atoms with Gasteiger partial charge in [-0.05, 0) is 91.5 Å². The van der Waals surface area contributed by atoms with Gasteiger partial charge in [-0.3, -0.25) is 0 Å². The van der Waals surface area contributed by atoms with Crippen LogP contribution in [0.1, 0.15) is 75.3 Å². The van der Waals surface area contributed by atoms with Crippen molar-refractivity contribution in [1.29, 1.82) is 0 Å². The third-order valence-corrected chi connectivity index (χ3v) is 7.56. The molecule has 1 aliphatic rings. The number of aryl methyl sites for hydroxylation is 1. The zero-order valence-corrected chi connectivity index (χ0v) is 20.6. The highest BCUT2D eigenvalue weighted by atomic mass is 19.2. The third-order valence-electron chi connectivity index (χ3n) is 7.56. The fraction of sp³-hybridized carbons (Fsp3) is 0.375. The normalized spacial score (nSPS) is 17.9. The van der Waals surface area contributed by atoms with Crippen molar-refractivity contribution >= 4 is 0 Å². The summed E-state index contributed by atoms with van der Waals surface area (Å²) in [7, 11) is 0. The fourth-order valence-corrected chi connectivity index (χ4v) is 5.36. The minimum absolute atomic E-state index is 0.230. The Kier molecular flexibility index (Phi) is 8.49. The van der Waals surface area contributed by atoms with E-state index in [0.29, 0.717) is 29.0 Å².